The fourth-order valence-corrected chi connectivity index (χ4v) is 5.89. The van der Waals surface area contributed by atoms with Crippen molar-refractivity contribution in [2.24, 2.45) is 0 Å². The number of aryl methyl sites for hydroxylation is 2. The van der Waals surface area contributed by atoms with E-state index in [1.165, 1.54) is 5.56 Å². The number of nitrogens with zero attached hydrogens (tertiary/aromatic N) is 4. The number of hydrogen-bond acceptors (Lipinski definition) is 6. The quantitative estimate of drug-likeness (QED) is 0.449. The van der Waals surface area contributed by atoms with E-state index in [1.54, 1.807) is 24.6 Å². The van der Waals surface area contributed by atoms with Crippen molar-refractivity contribution in [1.29, 1.82) is 0 Å². The summed E-state index contributed by atoms with van der Waals surface area (Å²) in [6.45, 7) is 9.40. The fourth-order valence-electron chi connectivity index (χ4n) is 5.23. The lowest BCUT2D eigenvalue weighted by atomic mass is 10.00. The molecule has 0 unspecified atom stereocenters. The van der Waals surface area contributed by atoms with Crippen molar-refractivity contribution in [1.82, 2.24) is 24.5 Å². The number of aromatic nitrogens is 2. The molecule has 36 heavy (non-hydrogen) atoms. The molecule has 3 aromatic heterocycles. The van der Waals surface area contributed by atoms with Gasteiger partial charge in [-0.3, -0.25) is 9.59 Å². The third kappa shape index (κ3) is 5.96. The number of nitrogens with one attached hydrogen (secondary N) is 1. The minimum Gasteiger partial charge on any atom is -0.375 e. The van der Waals surface area contributed by atoms with Gasteiger partial charge in [0.05, 0.1) is 5.56 Å². The van der Waals surface area contributed by atoms with Crippen LogP contribution in [0.4, 0.5) is 0 Å². The molecule has 1 saturated heterocycles. The maximum Gasteiger partial charge on any atom is 0.253 e. The summed E-state index contributed by atoms with van der Waals surface area (Å²) >= 11 is 1.66. The van der Waals surface area contributed by atoms with Crippen LogP contribution in [0, 0.1) is 13.8 Å². The Morgan fingerprint density at radius 3 is 2.78 bits per heavy atom. The van der Waals surface area contributed by atoms with Crippen LogP contribution in [0.1, 0.15) is 53.4 Å². The number of pyridine rings is 1. The van der Waals surface area contributed by atoms with Gasteiger partial charge in [-0.05, 0) is 74.1 Å². The van der Waals surface area contributed by atoms with Crippen molar-refractivity contribution < 1.29 is 14.3 Å². The van der Waals surface area contributed by atoms with E-state index in [2.05, 4.69) is 39.0 Å². The van der Waals surface area contributed by atoms with Crippen molar-refractivity contribution in [2.45, 2.75) is 58.7 Å². The smallest absolute Gasteiger partial charge is 0.253 e. The Labute approximate surface area is 217 Å². The monoisotopic (exact) mass is 511 g/mol. The summed E-state index contributed by atoms with van der Waals surface area (Å²) in [5.41, 5.74) is 4.60. The number of imidazole rings is 1. The van der Waals surface area contributed by atoms with Gasteiger partial charge in [-0.1, -0.05) is 0 Å². The van der Waals surface area contributed by atoms with Crippen LogP contribution in [-0.4, -0.2) is 76.4 Å². The Bertz CT molecular complexity index is 1170. The van der Waals surface area contributed by atoms with Crippen LogP contribution in [0.2, 0.25) is 0 Å². The van der Waals surface area contributed by atoms with E-state index in [4.69, 9.17) is 4.74 Å². The van der Waals surface area contributed by atoms with Gasteiger partial charge in [-0.25, -0.2) is 4.98 Å². The SMILES string of the molecule is COCC(=O)N(Cc1ccsc1)C1CCN([C@H](C)CCNC(=O)c2c(C)cc3nccn3c2C)CC1. The first-order valence-corrected chi connectivity index (χ1v) is 13.6. The molecule has 0 aliphatic carbocycles. The van der Waals surface area contributed by atoms with Gasteiger partial charge in [0.2, 0.25) is 5.91 Å². The highest BCUT2D eigenvalue weighted by atomic mass is 32.1. The van der Waals surface area contributed by atoms with Crippen molar-refractivity contribution in [3.63, 3.8) is 0 Å². The maximum atomic E-state index is 13.0. The molecule has 4 heterocycles. The fraction of sp³-hybridized carbons (Fsp3) is 0.519. The molecule has 1 atom stereocenters. The number of thiophene rings is 1. The molecular weight excluding hydrogens is 474 g/mol. The number of methoxy groups -OCH3 is 1. The average Bonchev–Trinajstić information content (AvgIpc) is 3.55. The zero-order valence-corrected chi connectivity index (χ0v) is 22.5. The molecule has 3 aromatic rings. The molecule has 194 valence electrons. The second-order valence-electron chi connectivity index (χ2n) is 9.69. The minimum atomic E-state index is -0.0350. The number of rotatable bonds is 10. The van der Waals surface area contributed by atoms with Gasteiger partial charge in [-0.2, -0.15) is 11.3 Å². The summed E-state index contributed by atoms with van der Waals surface area (Å²) in [7, 11) is 1.57. The number of hydrogen-bond donors (Lipinski definition) is 1. The highest BCUT2D eigenvalue weighted by Gasteiger charge is 2.29. The lowest BCUT2D eigenvalue weighted by molar-refractivity contribution is -0.139. The number of likely N-dealkylation sites (tertiary alicyclic amines) is 1. The normalized spacial score (nSPS) is 15.8. The van der Waals surface area contributed by atoms with Crippen LogP contribution < -0.4 is 5.32 Å². The first kappa shape index (κ1) is 26.3. The first-order chi connectivity index (χ1) is 17.4. The molecule has 1 fully saturated rings. The van der Waals surface area contributed by atoms with Gasteiger partial charge in [0.1, 0.15) is 12.3 Å². The average molecular weight is 512 g/mol. The van der Waals surface area contributed by atoms with Gasteiger partial charge >= 0.3 is 0 Å². The number of carbonyl (C=O) groups excluding carboxylic acids is 2. The van der Waals surface area contributed by atoms with Crippen molar-refractivity contribution in [2.75, 3.05) is 33.4 Å². The zero-order chi connectivity index (χ0) is 25.7. The standard InChI is InChI=1S/C27H37N5O3S/c1-19-15-24-28-10-13-31(24)21(3)26(19)27(34)29-9-5-20(2)30-11-6-23(7-12-30)32(25(33)17-35-4)16-22-8-14-36-18-22/h8,10,13-15,18,20,23H,5-7,9,11-12,16-17H2,1-4H3,(H,29,34)/t20-/m1/s1. The summed E-state index contributed by atoms with van der Waals surface area (Å²) in [6, 6.07) is 4.61. The Balaban J connectivity index is 1.27. The predicted octanol–water partition coefficient (Wildman–Crippen LogP) is 3.66. The summed E-state index contributed by atoms with van der Waals surface area (Å²) in [4.78, 5) is 34.5. The van der Waals surface area contributed by atoms with Gasteiger partial charge in [0.15, 0.2) is 0 Å². The third-order valence-corrected chi connectivity index (χ3v) is 8.02. The molecule has 0 bridgehead atoms. The first-order valence-electron chi connectivity index (χ1n) is 12.6. The predicted molar refractivity (Wildman–Crippen MR) is 142 cm³/mol. The molecule has 1 aliphatic rings. The zero-order valence-electron chi connectivity index (χ0n) is 21.7. The minimum absolute atomic E-state index is 0.0350. The van der Waals surface area contributed by atoms with Crippen LogP contribution in [-0.2, 0) is 16.1 Å². The van der Waals surface area contributed by atoms with E-state index in [9.17, 15) is 9.59 Å². The molecule has 0 saturated carbocycles. The lowest BCUT2D eigenvalue weighted by Crippen LogP contribution is -2.50. The van der Waals surface area contributed by atoms with Crippen LogP contribution in [0.3, 0.4) is 0 Å². The van der Waals surface area contributed by atoms with E-state index in [0.717, 1.165) is 54.8 Å². The lowest BCUT2D eigenvalue weighted by Gasteiger charge is -2.40. The van der Waals surface area contributed by atoms with Crippen molar-refractivity contribution >= 4 is 28.8 Å². The second kappa shape index (κ2) is 12.0. The highest BCUT2D eigenvalue weighted by Crippen LogP contribution is 2.23. The second-order valence-corrected chi connectivity index (χ2v) is 10.5. The number of piperidine rings is 1. The van der Waals surface area contributed by atoms with Crippen LogP contribution >= 0.6 is 11.3 Å². The van der Waals surface area contributed by atoms with Crippen molar-refractivity contribution in [3.05, 3.63) is 57.7 Å². The summed E-state index contributed by atoms with van der Waals surface area (Å²) in [5.74, 6) is 0.0182. The highest BCUT2D eigenvalue weighted by molar-refractivity contribution is 7.07. The van der Waals surface area contributed by atoms with E-state index < -0.39 is 0 Å². The van der Waals surface area contributed by atoms with E-state index in [-0.39, 0.29) is 24.5 Å². The van der Waals surface area contributed by atoms with Crippen LogP contribution in [0.25, 0.3) is 5.65 Å². The summed E-state index contributed by atoms with van der Waals surface area (Å²) in [6.07, 6.45) is 6.41. The maximum absolute atomic E-state index is 13.0. The number of fused-ring (bicyclic) bond motifs is 1. The molecule has 9 heteroatoms. The van der Waals surface area contributed by atoms with E-state index in [1.807, 2.05) is 35.4 Å². The van der Waals surface area contributed by atoms with Crippen molar-refractivity contribution in [3.8, 4) is 0 Å². The number of carbonyl (C=O) groups is 2. The summed E-state index contributed by atoms with van der Waals surface area (Å²) in [5, 5.41) is 7.28. The molecule has 0 aromatic carbocycles. The van der Waals surface area contributed by atoms with E-state index in [0.29, 0.717) is 19.1 Å². The van der Waals surface area contributed by atoms with Gasteiger partial charge in [0, 0.05) is 63.5 Å². The molecule has 1 aliphatic heterocycles. The molecule has 0 radical (unpaired) electrons. The topological polar surface area (TPSA) is 79.2 Å². The van der Waals surface area contributed by atoms with E-state index >= 15 is 0 Å². The van der Waals surface area contributed by atoms with Gasteiger partial charge in [-0.15, -0.1) is 0 Å². The van der Waals surface area contributed by atoms with Crippen LogP contribution in [0.5, 0.6) is 0 Å². The molecule has 1 N–H and O–H groups in total. The molecule has 2 amide bonds. The largest absolute Gasteiger partial charge is 0.375 e. The molecule has 8 nitrogen and oxygen atoms in total. The molecular formula is C27H37N5O3S. The number of ether oxygens (including phenoxy) is 1. The molecule has 4 rings (SSSR count). The Hall–Kier alpha value is -2.75. The third-order valence-electron chi connectivity index (χ3n) is 7.29. The number of amides is 2. The van der Waals surface area contributed by atoms with Crippen LogP contribution in [0.15, 0.2) is 35.3 Å². The Kier molecular flexibility index (Phi) is 8.77. The molecule has 0 spiro atoms. The summed E-state index contributed by atoms with van der Waals surface area (Å²) < 4.78 is 7.10. The Morgan fingerprint density at radius 1 is 1.31 bits per heavy atom. The Morgan fingerprint density at radius 2 is 2.08 bits per heavy atom. The van der Waals surface area contributed by atoms with Gasteiger partial charge in [0.25, 0.3) is 5.91 Å². The van der Waals surface area contributed by atoms with Gasteiger partial charge < -0.3 is 24.3 Å².